The fourth-order valence-electron chi connectivity index (χ4n) is 1.27. The molecule has 0 fully saturated rings. The summed E-state index contributed by atoms with van der Waals surface area (Å²) in [5, 5.41) is 11.9. The normalized spacial score (nSPS) is 9.94. The molecule has 1 rings (SSSR count). The van der Waals surface area contributed by atoms with Gasteiger partial charge in [0, 0.05) is 23.7 Å². The molecular weight excluding hydrogens is 241 g/mol. The van der Waals surface area contributed by atoms with Gasteiger partial charge in [-0.05, 0) is 18.2 Å². The van der Waals surface area contributed by atoms with Gasteiger partial charge in [0.1, 0.15) is 5.82 Å². The smallest absolute Gasteiger partial charge is 0.337 e. The molecule has 3 nitrogen and oxygen atoms in total. The summed E-state index contributed by atoms with van der Waals surface area (Å²) < 4.78 is 12.9. The zero-order chi connectivity index (χ0) is 12.7. The number of hydrogen-bond donors (Lipinski definition) is 2. The van der Waals surface area contributed by atoms with E-state index in [1.54, 1.807) is 11.8 Å². The Hall–Kier alpha value is -1.49. The molecule has 0 spiro atoms. The first-order chi connectivity index (χ1) is 8.15. The van der Waals surface area contributed by atoms with Crippen LogP contribution < -0.4 is 5.32 Å². The van der Waals surface area contributed by atoms with Gasteiger partial charge in [-0.25, -0.2) is 9.18 Å². The second-order valence-electron chi connectivity index (χ2n) is 3.29. The van der Waals surface area contributed by atoms with Crippen molar-refractivity contribution in [2.45, 2.75) is 0 Å². The van der Waals surface area contributed by atoms with Crippen LogP contribution in [0.3, 0.4) is 0 Å². The molecule has 0 atom stereocenters. The number of hydrogen-bond acceptors (Lipinski definition) is 3. The average molecular weight is 255 g/mol. The van der Waals surface area contributed by atoms with Crippen molar-refractivity contribution in [1.82, 2.24) is 0 Å². The van der Waals surface area contributed by atoms with Gasteiger partial charge in [0.15, 0.2) is 0 Å². The molecule has 0 bridgehead atoms. The Kier molecular flexibility index (Phi) is 5.56. The number of carbonyl (C=O) groups is 1. The van der Waals surface area contributed by atoms with E-state index in [9.17, 15) is 9.18 Å². The molecule has 0 aliphatic heterocycles. The second kappa shape index (κ2) is 6.96. The summed E-state index contributed by atoms with van der Waals surface area (Å²) in [5.41, 5.74) is 0.400. The van der Waals surface area contributed by atoms with Crippen molar-refractivity contribution >= 4 is 23.4 Å². The standard InChI is InChI=1S/C12H14FNO2S/c1-2-6-17-7-5-14-11-4-3-9(13)8-10(11)12(15)16/h2-4,8,14H,1,5-7H2,(H,15,16). The van der Waals surface area contributed by atoms with Crippen LogP contribution in [-0.4, -0.2) is 29.1 Å². The van der Waals surface area contributed by atoms with Crippen molar-refractivity contribution in [3.05, 3.63) is 42.2 Å². The number of rotatable bonds is 7. The van der Waals surface area contributed by atoms with Crippen molar-refractivity contribution in [2.75, 3.05) is 23.4 Å². The van der Waals surface area contributed by atoms with E-state index in [2.05, 4.69) is 11.9 Å². The number of carboxylic acids is 1. The molecule has 0 aliphatic rings. The van der Waals surface area contributed by atoms with Crippen LogP contribution in [-0.2, 0) is 0 Å². The maximum Gasteiger partial charge on any atom is 0.337 e. The number of aromatic carboxylic acids is 1. The third kappa shape index (κ3) is 4.48. The summed E-state index contributed by atoms with van der Waals surface area (Å²) in [6.07, 6.45) is 1.81. The SMILES string of the molecule is C=CCSCCNc1ccc(F)cc1C(=O)O. The minimum atomic E-state index is -1.13. The Morgan fingerprint density at radius 3 is 3.00 bits per heavy atom. The third-order valence-corrected chi connectivity index (χ3v) is 2.97. The van der Waals surface area contributed by atoms with Gasteiger partial charge < -0.3 is 10.4 Å². The molecule has 92 valence electrons. The number of carboxylic acid groups (broad SMARTS) is 1. The van der Waals surface area contributed by atoms with Crippen LogP contribution in [0.4, 0.5) is 10.1 Å². The van der Waals surface area contributed by atoms with E-state index in [1.807, 2.05) is 6.08 Å². The monoisotopic (exact) mass is 255 g/mol. The van der Waals surface area contributed by atoms with Crippen molar-refractivity contribution < 1.29 is 14.3 Å². The minimum absolute atomic E-state index is 0.0429. The van der Waals surface area contributed by atoms with Crippen LogP contribution in [0.1, 0.15) is 10.4 Å². The maximum atomic E-state index is 12.9. The highest BCUT2D eigenvalue weighted by atomic mass is 32.2. The number of benzene rings is 1. The predicted molar refractivity (Wildman–Crippen MR) is 69.4 cm³/mol. The molecule has 5 heteroatoms. The number of nitrogens with one attached hydrogen (secondary N) is 1. The van der Waals surface area contributed by atoms with Gasteiger partial charge in [-0.3, -0.25) is 0 Å². The minimum Gasteiger partial charge on any atom is -0.478 e. The molecule has 0 amide bonds. The maximum absolute atomic E-state index is 12.9. The summed E-state index contributed by atoms with van der Waals surface area (Å²) in [6, 6.07) is 3.70. The molecule has 0 saturated heterocycles. The van der Waals surface area contributed by atoms with Gasteiger partial charge in [-0.1, -0.05) is 6.08 Å². The van der Waals surface area contributed by atoms with Gasteiger partial charge in [-0.15, -0.1) is 6.58 Å². The fourth-order valence-corrected chi connectivity index (χ4v) is 1.85. The summed E-state index contributed by atoms with van der Waals surface area (Å²) in [5.74, 6) is 0.0130. The quantitative estimate of drug-likeness (QED) is 0.581. The van der Waals surface area contributed by atoms with Crippen LogP contribution in [0.5, 0.6) is 0 Å². The summed E-state index contributed by atoms with van der Waals surface area (Å²) in [4.78, 5) is 10.9. The lowest BCUT2D eigenvalue weighted by molar-refractivity contribution is 0.0697. The summed E-state index contributed by atoms with van der Waals surface area (Å²) >= 11 is 1.69. The molecular formula is C12H14FNO2S. The van der Waals surface area contributed by atoms with Crippen molar-refractivity contribution in [2.24, 2.45) is 0 Å². The topological polar surface area (TPSA) is 49.3 Å². The first-order valence-electron chi connectivity index (χ1n) is 5.10. The van der Waals surface area contributed by atoms with Crippen molar-refractivity contribution in [3.8, 4) is 0 Å². The zero-order valence-electron chi connectivity index (χ0n) is 9.28. The third-order valence-electron chi connectivity index (χ3n) is 2.01. The summed E-state index contributed by atoms with van der Waals surface area (Å²) in [6.45, 7) is 4.23. The molecule has 0 aromatic heterocycles. The second-order valence-corrected chi connectivity index (χ2v) is 4.44. The van der Waals surface area contributed by atoms with Crippen molar-refractivity contribution in [3.63, 3.8) is 0 Å². The van der Waals surface area contributed by atoms with Crippen LogP contribution in [0.2, 0.25) is 0 Å². The van der Waals surface area contributed by atoms with Gasteiger partial charge >= 0.3 is 5.97 Å². The molecule has 1 aromatic rings. The lowest BCUT2D eigenvalue weighted by Gasteiger charge is -2.09. The molecule has 1 aromatic carbocycles. The van der Waals surface area contributed by atoms with E-state index < -0.39 is 11.8 Å². The van der Waals surface area contributed by atoms with E-state index in [4.69, 9.17) is 5.11 Å². The molecule has 0 radical (unpaired) electrons. The highest BCUT2D eigenvalue weighted by Gasteiger charge is 2.10. The van der Waals surface area contributed by atoms with E-state index >= 15 is 0 Å². The molecule has 0 aliphatic carbocycles. The predicted octanol–water partition coefficient (Wildman–Crippen LogP) is 2.86. The Morgan fingerprint density at radius 2 is 2.35 bits per heavy atom. The lowest BCUT2D eigenvalue weighted by atomic mass is 10.1. The van der Waals surface area contributed by atoms with E-state index in [0.717, 1.165) is 17.6 Å². The molecule has 2 N–H and O–H groups in total. The van der Waals surface area contributed by atoms with Gasteiger partial charge in [0.25, 0.3) is 0 Å². The van der Waals surface area contributed by atoms with E-state index in [-0.39, 0.29) is 5.56 Å². The Morgan fingerprint density at radius 1 is 1.59 bits per heavy atom. The Labute approximate surface area is 104 Å². The Bertz CT molecular complexity index is 409. The highest BCUT2D eigenvalue weighted by Crippen LogP contribution is 2.17. The summed E-state index contributed by atoms with van der Waals surface area (Å²) in [7, 11) is 0. The van der Waals surface area contributed by atoms with E-state index in [1.165, 1.54) is 12.1 Å². The first-order valence-corrected chi connectivity index (χ1v) is 6.26. The number of thioether (sulfide) groups is 1. The highest BCUT2D eigenvalue weighted by molar-refractivity contribution is 7.99. The fraction of sp³-hybridized carbons (Fsp3) is 0.250. The van der Waals surface area contributed by atoms with E-state index in [0.29, 0.717) is 12.2 Å². The van der Waals surface area contributed by atoms with Crippen LogP contribution in [0.15, 0.2) is 30.9 Å². The lowest BCUT2D eigenvalue weighted by Crippen LogP contribution is -2.09. The largest absolute Gasteiger partial charge is 0.478 e. The van der Waals surface area contributed by atoms with Crippen LogP contribution in [0, 0.1) is 5.82 Å². The number of anilines is 1. The zero-order valence-corrected chi connectivity index (χ0v) is 10.1. The average Bonchev–Trinajstić information content (AvgIpc) is 2.30. The molecule has 0 unspecified atom stereocenters. The van der Waals surface area contributed by atoms with Gasteiger partial charge in [0.2, 0.25) is 0 Å². The van der Waals surface area contributed by atoms with Gasteiger partial charge in [-0.2, -0.15) is 11.8 Å². The molecule has 0 saturated carbocycles. The molecule has 17 heavy (non-hydrogen) atoms. The number of halogens is 1. The van der Waals surface area contributed by atoms with Crippen LogP contribution >= 0.6 is 11.8 Å². The van der Waals surface area contributed by atoms with Crippen molar-refractivity contribution in [1.29, 1.82) is 0 Å². The first kappa shape index (κ1) is 13.6. The van der Waals surface area contributed by atoms with Crippen LogP contribution in [0.25, 0.3) is 0 Å². The van der Waals surface area contributed by atoms with Gasteiger partial charge in [0.05, 0.1) is 5.56 Å². The Balaban J connectivity index is 2.58. The molecule has 0 heterocycles.